The van der Waals surface area contributed by atoms with Crippen molar-refractivity contribution >= 4 is 28.8 Å². The minimum atomic E-state index is -0.527. The summed E-state index contributed by atoms with van der Waals surface area (Å²) < 4.78 is 0. The van der Waals surface area contributed by atoms with Crippen LogP contribution in [0.4, 0.5) is 5.69 Å². The molecule has 0 fully saturated rings. The maximum Gasteiger partial charge on any atom is 0.278 e. The summed E-state index contributed by atoms with van der Waals surface area (Å²) in [5, 5.41) is 14.7. The van der Waals surface area contributed by atoms with Crippen LogP contribution in [0.5, 0.6) is 0 Å². The summed E-state index contributed by atoms with van der Waals surface area (Å²) in [5.41, 5.74) is 3.64. The fourth-order valence-corrected chi connectivity index (χ4v) is 2.46. The lowest BCUT2D eigenvalue weighted by atomic mass is 10.2. The molecule has 1 aromatic heterocycles. The number of aromatic nitrogens is 2. The van der Waals surface area contributed by atoms with Crippen LogP contribution >= 0.6 is 0 Å². The normalized spacial score (nSPS) is 11.0. The summed E-state index contributed by atoms with van der Waals surface area (Å²) in [6.07, 6.45) is 1.35. The standard InChI is InChI=1S/C18H15N5O4/c24-17(22-19-11-12-5-1-4-8-16(12)23(26)27)10-9-15-18(25)21-14-7-3-2-6-13(14)20-15/h1-8,11H,9-10H2,(H,21,25)(H,22,24). The number of aryl methyl sites for hydroxylation is 1. The van der Waals surface area contributed by atoms with E-state index in [2.05, 4.69) is 20.5 Å². The van der Waals surface area contributed by atoms with Crippen molar-refractivity contribution in [3.05, 3.63) is 80.3 Å². The molecule has 0 atom stereocenters. The van der Waals surface area contributed by atoms with Gasteiger partial charge in [-0.15, -0.1) is 0 Å². The minimum absolute atomic E-state index is 0.00262. The van der Waals surface area contributed by atoms with Crippen molar-refractivity contribution < 1.29 is 9.72 Å². The minimum Gasteiger partial charge on any atom is -0.319 e. The van der Waals surface area contributed by atoms with Crippen LogP contribution < -0.4 is 11.0 Å². The Balaban J connectivity index is 1.61. The van der Waals surface area contributed by atoms with Gasteiger partial charge in [0, 0.05) is 18.9 Å². The van der Waals surface area contributed by atoms with Gasteiger partial charge in [-0.2, -0.15) is 5.10 Å². The van der Waals surface area contributed by atoms with Gasteiger partial charge in [-0.25, -0.2) is 10.4 Å². The fourth-order valence-electron chi connectivity index (χ4n) is 2.46. The van der Waals surface area contributed by atoms with Crippen molar-refractivity contribution in [2.45, 2.75) is 12.8 Å². The first-order valence-corrected chi connectivity index (χ1v) is 8.08. The third-order valence-corrected chi connectivity index (χ3v) is 3.78. The van der Waals surface area contributed by atoms with Gasteiger partial charge in [0.25, 0.3) is 11.2 Å². The number of fused-ring (bicyclic) bond motifs is 1. The molecule has 3 aromatic rings. The SMILES string of the molecule is O=C(CCc1nc2ccccc2[nH]c1=O)NN=Cc1ccccc1[N+](=O)[O-]. The summed E-state index contributed by atoms with van der Waals surface area (Å²) in [6.45, 7) is 0. The number of nitrogens with one attached hydrogen (secondary N) is 2. The number of rotatable bonds is 6. The number of aromatic amines is 1. The average molecular weight is 365 g/mol. The lowest BCUT2D eigenvalue weighted by Crippen LogP contribution is -2.21. The maximum absolute atomic E-state index is 12.0. The van der Waals surface area contributed by atoms with Crippen molar-refractivity contribution in [1.82, 2.24) is 15.4 Å². The molecule has 3 rings (SSSR count). The second kappa shape index (κ2) is 8.00. The topological polar surface area (TPSA) is 130 Å². The quantitative estimate of drug-likeness (QED) is 0.391. The molecule has 0 radical (unpaired) electrons. The van der Waals surface area contributed by atoms with E-state index in [0.29, 0.717) is 11.0 Å². The number of hydrogen-bond acceptors (Lipinski definition) is 6. The van der Waals surface area contributed by atoms with E-state index in [4.69, 9.17) is 0 Å². The van der Waals surface area contributed by atoms with Crippen molar-refractivity contribution in [3.63, 3.8) is 0 Å². The van der Waals surface area contributed by atoms with E-state index >= 15 is 0 Å². The Hall–Kier alpha value is -3.88. The van der Waals surface area contributed by atoms with Crippen LogP contribution in [0, 0.1) is 10.1 Å². The van der Waals surface area contributed by atoms with Crippen LogP contribution in [-0.2, 0) is 11.2 Å². The molecule has 0 saturated carbocycles. The van der Waals surface area contributed by atoms with Crippen LogP contribution in [0.2, 0.25) is 0 Å². The molecule has 136 valence electrons. The second-order valence-corrected chi connectivity index (χ2v) is 5.64. The van der Waals surface area contributed by atoms with Gasteiger partial charge >= 0.3 is 0 Å². The smallest absolute Gasteiger partial charge is 0.278 e. The summed E-state index contributed by atoms with van der Waals surface area (Å²) in [5.74, 6) is -0.431. The Morgan fingerprint density at radius 2 is 1.96 bits per heavy atom. The largest absolute Gasteiger partial charge is 0.319 e. The van der Waals surface area contributed by atoms with Gasteiger partial charge in [0.05, 0.1) is 27.7 Å². The number of benzene rings is 2. The summed E-state index contributed by atoms with van der Waals surface area (Å²) >= 11 is 0. The predicted octanol–water partition coefficient (Wildman–Crippen LogP) is 1.91. The molecule has 27 heavy (non-hydrogen) atoms. The number of nitro benzene ring substituents is 1. The Morgan fingerprint density at radius 3 is 2.78 bits per heavy atom. The molecular formula is C18H15N5O4. The van der Waals surface area contributed by atoms with Crippen LogP contribution in [0.1, 0.15) is 17.7 Å². The number of hydrogen-bond donors (Lipinski definition) is 2. The molecule has 1 heterocycles. The van der Waals surface area contributed by atoms with E-state index in [1.165, 1.54) is 18.3 Å². The predicted molar refractivity (Wildman–Crippen MR) is 99.5 cm³/mol. The van der Waals surface area contributed by atoms with Gasteiger partial charge in [-0.1, -0.05) is 24.3 Å². The van der Waals surface area contributed by atoms with Crippen molar-refractivity contribution in [2.75, 3.05) is 0 Å². The van der Waals surface area contributed by atoms with E-state index in [1.54, 1.807) is 30.3 Å². The van der Waals surface area contributed by atoms with Gasteiger partial charge in [-0.05, 0) is 18.2 Å². The summed E-state index contributed by atoms with van der Waals surface area (Å²) in [7, 11) is 0. The highest BCUT2D eigenvalue weighted by molar-refractivity contribution is 5.86. The van der Waals surface area contributed by atoms with Crippen molar-refractivity contribution in [3.8, 4) is 0 Å². The molecule has 0 aliphatic rings. The molecule has 0 spiro atoms. The van der Waals surface area contributed by atoms with Crippen LogP contribution in [0.25, 0.3) is 11.0 Å². The first-order valence-electron chi connectivity index (χ1n) is 8.08. The van der Waals surface area contributed by atoms with Crippen LogP contribution in [-0.4, -0.2) is 27.0 Å². The van der Waals surface area contributed by atoms with Crippen LogP contribution in [0.15, 0.2) is 58.4 Å². The maximum atomic E-state index is 12.0. The highest BCUT2D eigenvalue weighted by Gasteiger charge is 2.11. The molecule has 9 nitrogen and oxygen atoms in total. The number of carbonyl (C=O) groups is 1. The summed E-state index contributed by atoms with van der Waals surface area (Å²) in [6, 6.07) is 13.2. The Kier molecular flexibility index (Phi) is 5.31. The van der Waals surface area contributed by atoms with Crippen molar-refractivity contribution in [1.29, 1.82) is 0 Å². The Bertz CT molecular complexity index is 1090. The van der Waals surface area contributed by atoms with Gasteiger partial charge in [0.15, 0.2) is 0 Å². The highest BCUT2D eigenvalue weighted by Crippen LogP contribution is 2.15. The summed E-state index contributed by atoms with van der Waals surface area (Å²) in [4.78, 5) is 41.3. The second-order valence-electron chi connectivity index (χ2n) is 5.64. The molecule has 9 heteroatoms. The number of amides is 1. The molecule has 2 aromatic carbocycles. The van der Waals surface area contributed by atoms with E-state index in [0.717, 1.165) is 0 Å². The third kappa shape index (κ3) is 4.40. The van der Waals surface area contributed by atoms with Gasteiger partial charge in [0.1, 0.15) is 5.69 Å². The zero-order valence-electron chi connectivity index (χ0n) is 14.1. The Morgan fingerprint density at radius 1 is 1.22 bits per heavy atom. The molecule has 0 unspecified atom stereocenters. The number of nitro groups is 1. The highest BCUT2D eigenvalue weighted by atomic mass is 16.6. The van der Waals surface area contributed by atoms with E-state index < -0.39 is 10.8 Å². The monoisotopic (exact) mass is 365 g/mol. The van der Waals surface area contributed by atoms with E-state index in [-0.39, 0.29) is 35.3 Å². The van der Waals surface area contributed by atoms with Gasteiger partial charge in [-0.3, -0.25) is 19.7 Å². The number of para-hydroxylation sites is 3. The van der Waals surface area contributed by atoms with Crippen LogP contribution in [0.3, 0.4) is 0 Å². The van der Waals surface area contributed by atoms with Gasteiger partial charge in [0.2, 0.25) is 5.91 Å². The molecule has 2 N–H and O–H groups in total. The molecule has 0 saturated heterocycles. The lowest BCUT2D eigenvalue weighted by Gasteiger charge is -2.02. The first-order chi connectivity index (χ1) is 13.0. The van der Waals surface area contributed by atoms with Gasteiger partial charge < -0.3 is 4.98 Å². The zero-order chi connectivity index (χ0) is 19.2. The molecule has 0 aliphatic heterocycles. The number of nitrogens with zero attached hydrogens (tertiary/aromatic N) is 3. The fraction of sp³-hybridized carbons (Fsp3) is 0.111. The first kappa shape index (κ1) is 17.9. The molecule has 1 amide bonds. The van der Waals surface area contributed by atoms with E-state index in [1.807, 2.05) is 6.07 Å². The molecular weight excluding hydrogens is 350 g/mol. The average Bonchev–Trinajstić information content (AvgIpc) is 2.66. The number of hydrazone groups is 1. The van der Waals surface area contributed by atoms with Crippen molar-refractivity contribution in [2.24, 2.45) is 5.10 Å². The Labute approximate surface area is 152 Å². The van der Waals surface area contributed by atoms with E-state index in [9.17, 15) is 19.7 Å². The lowest BCUT2D eigenvalue weighted by molar-refractivity contribution is -0.385. The number of H-pyrrole nitrogens is 1. The number of carbonyl (C=O) groups excluding carboxylic acids is 1. The molecule has 0 bridgehead atoms. The third-order valence-electron chi connectivity index (χ3n) is 3.78. The zero-order valence-corrected chi connectivity index (χ0v) is 14.1. The molecule has 0 aliphatic carbocycles.